The predicted octanol–water partition coefficient (Wildman–Crippen LogP) is 2.99. The first kappa shape index (κ1) is 18.3. The summed E-state index contributed by atoms with van der Waals surface area (Å²) in [5, 5.41) is 17.9. The number of nitro groups is 1. The van der Waals surface area contributed by atoms with Crippen molar-refractivity contribution in [3.8, 4) is 11.4 Å². The Balaban J connectivity index is 1.75. The van der Waals surface area contributed by atoms with Crippen molar-refractivity contribution in [2.24, 2.45) is 0 Å². The van der Waals surface area contributed by atoms with Gasteiger partial charge in [0, 0.05) is 17.2 Å². The molecule has 3 rings (SSSR count). The molecule has 0 aliphatic rings. The number of aromatic nitrogens is 3. The topological polar surface area (TPSA) is 112 Å². The van der Waals surface area contributed by atoms with Crippen molar-refractivity contribution < 1.29 is 18.8 Å². The number of nitrogens with one attached hydrogen (secondary N) is 1. The molecule has 3 aromatic rings. The van der Waals surface area contributed by atoms with E-state index in [1.54, 1.807) is 12.1 Å². The van der Waals surface area contributed by atoms with Gasteiger partial charge in [0.2, 0.25) is 5.75 Å². The number of carbonyl (C=O) groups is 1. The lowest BCUT2D eigenvalue weighted by Gasteiger charge is -2.12. The number of nitro benzene ring substituents is 1. The number of hydrogen-bond donors (Lipinski definition) is 1. The van der Waals surface area contributed by atoms with Crippen LogP contribution >= 0.6 is 11.6 Å². The maximum Gasteiger partial charge on any atom is 0.311 e. The van der Waals surface area contributed by atoms with Crippen molar-refractivity contribution in [2.75, 3.05) is 11.9 Å². The molecule has 1 aromatic heterocycles. The number of ether oxygens (including phenoxy) is 1. The van der Waals surface area contributed by atoms with Crippen LogP contribution in [-0.2, 0) is 4.79 Å². The van der Waals surface area contributed by atoms with Gasteiger partial charge in [0.05, 0.1) is 16.3 Å². The molecule has 11 heteroatoms. The molecule has 0 saturated heterocycles. The van der Waals surface area contributed by atoms with Crippen LogP contribution in [0.5, 0.6) is 5.75 Å². The van der Waals surface area contributed by atoms with E-state index >= 15 is 0 Å². The molecule has 0 aliphatic heterocycles. The van der Waals surface area contributed by atoms with Gasteiger partial charge in [-0.25, -0.2) is 14.1 Å². The van der Waals surface area contributed by atoms with Crippen LogP contribution in [0.4, 0.5) is 15.8 Å². The lowest BCUT2D eigenvalue weighted by Crippen LogP contribution is -2.21. The lowest BCUT2D eigenvalue weighted by molar-refractivity contribution is -0.385. The predicted molar refractivity (Wildman–Crippen MR) is 93.5 cm³/mol. The maximum atomic E-state index is 13.3. The number of nitrogens with zero attached hydrogens (tertiary/aromatic N) is 4. The highest BCUT2D eigenvalue weighted by molar-refractivity contribution is 6.31. The van der Waals surface area contributed by atoms with Crippen molar-refractivity contribution in [1.82, 2.24) is 14.8 Å². The van der Waals surface area contributed by atoms with E-state index < -0.39 is 28.9 Å². The molecule has 138 valence electrons. The molecule has 0 atom stereocenters. The Hall–Kier alpha value is -3.53. The Morgan fingerprint density at radius 2 is 2.15 bits per heavy atom. The first-order valence-electron chi connectivity index (χ1n) is 7.45. The number of rotatable bonds is 6. The van der Waals surface area contributed by atoms with Crippen LogP contribution in [0, 0.1) is 15.9 Å². The van der Waals surface area contributed by atoms with E-state index in [2.05, 4.69) is 15.4 Å². The number of carbonyl (C=O) groups excluding carboxylic acids is 1. The first-order chi connectivity index (χ1) is 12.9. The van der Waals surface area contributed by atoms with Gasteiger partial charge in [-0.05, 0) is 24.3 Å². The van der Waals surface area contributed by atoms with Gasteiger partial charge in [0.1, 0.15) is 18.5 Å². The quantitative estimate of drug-likeness (QED) is 0.510. The minimum atomic E-state index is -0.730. The summed E-state index contributed by atoms with van der Waals surface area (Å²) in [5.41, 5.74) is 0.382. The van der Waals surface area contributed by atoms with Crippen LogP contribution < -0.4 is 10.1 Å². The third-order valence-electron chi connectivity index (χ3n) is 3.38. The van der Waals surface area contributed by atoms with Crippen LogP contribution in [0.1, 0.15) is 0 Å². The number of anilines is 1. The van der Waals surface area contributed by atoms with E-state index in [-0.39, 0.29) is 5.75 Å². The number of hydrogen-bond acceptors (Lipinski definition) is 6. The second-order valence-corrected chi connectivity index (χ2v) is 5.64. The van der Waals surface area contributed by atoms with E-state index in [4.69, 9.17) is 16.3 Å². The summed E-state index contributed by atoms with van der Waals surface area (Å²) in [6, 6.07) is 7.47. The molecule has 0 radical (unpaired) electrons. The van der Waals surface area contributed by atoms with Gasteiger partial charge in [0.15, 0.2) is 6.61 Å². The summed E-state index contributed by atoms with van der Waals surface area (Å²) in [5.74, 6) is -1.70. The molecule has 0 fully saturated rings. The zero-order valence-electron chi connectivity index (χ0n) is 13.5. The van der Waals surface area contributed by atoms with Gasteiger partial charge >= 0.3 is 5.69 Å². The largest absolute Gasteiger partial charge is 0.477 e. The lowest BCUT2D eigenvalue weighted by atomic mass is 10.2. The fourth-order valence-electron chi connectivity index (χ4n) is 2.22. The van der Waals surface area contributed by atoms with E-state index in [1.807, 2.05) is 0 Å². The average Bonchev–Trinajstić information content (AvgIpc) is 3.14. The summed E-state index contributed by atoms with van der Waals surface area (Å²) >= 11 is 5.96. The van der Waals surface area contributed by atoms with Crippen molar-refractivity contribution in [1.29, 1.82) is 0 Å². The third-order valence-corrected chi connectivity index (χ3v) is 3.61. The molecule has 1 amide bonds. The second-order valence-electron chi connectivity index (χ2n) is 5.21. The first-order valence-corrected chi connectivity index (χ1v) is 7.83. The van der Waals surface area contributed by atoms with E-state index in [0.29, 0.717) is 16.4 Å². The Bertz CT molecular complexity index is 996. The minimum absolute atomic E-state index is 0.329. The highest BCUT2D eigenvalue weighted by Gasteiger charge is 2.18. The molecule has 2 aromatic carbocycles. The van der Waals surface area contributed by atoms with Crippen molar-refractivity contribution in [3.63, 3.8) is 0 Å². The fourth-order valence-corrected chi connectivity index (χ4v) is 2.40. The minimum Gasteiger partial charge on any atom is -0.477 e. The van der Waals surface area contributed by atoms with Gasteiger partial charge in [-0.1, -0.05) is 11.6 Å². The number of amides is 1. The van der Waals surface area contributed by atoms with Crippen LogP contribution in [0.15, 0.2) is 49.1 Å². The fraction of sp³-hybridized carbons (Fsp3) is 0.0625. The summed E-state index contributed by atoms with van der Waals surface area (Å²) in [6.45, 7) is -0.576. The zero-order chi connectivity index (χ0) is 19.4. The van der Waals surface area contributed by atoms with Crippen molar-refractivity contribution >= 4 is 28.9 Å². The molecule has 0 spiro atoms. The molecule has 0 unspecified atom stereocenters. The summed E-state index contributed by atoms with van der Waals surface area (Å²) in [6.07, 6.45) is 2.76. The van der Waals surface area contributed by atoms with E-state index in [9.17, 15) is 19.3 Å². The SMILES string of the molecule is O=C(COc1cc(F)ccc1[N+](=O)[O-])Nc1cc(Cl)ccc1-n1cncn1. The van der Waals surface area contributed by atoms with Crippen molar-refractivity contribution in [2.45, 2.75) is 0 Å². The third kappa shape index (κ3) is 4.36. The Kier molecular flexibility index (Phi) is 5.27. The molecule has 9 nitrogen and oxygen atoms in total. The van der Waals surface area contributed by atoms with Gasteiger partial charge in [-0.15, -0.1) is 0 Å². The summed E-state index contributed by atoms with van der Waals surface area (Å²) in [7, 11) is 0. The smallest absolute Gasteiger partial charge is 0.311 e. The van der Waals surface area contributed by atoms with E-state index in [1.165, 1.54) is 23.4 Å². The molecular weight excluding hydrogens is 381 g/mol. The van der Waals surface area contributed by atoms with Crippen molar-refractivity contribution in [3.05, 3.63) is 70.0 Å². The van der Waals surface area contributed by atoms with Crippen LogP contribution in [0.25, 0.3) is 5.69 Å². The molecule has 0 aliphatic carbocycles. The average molecular weight is 392 g/mol. The molecular formula is C16H11ClFN5O4. The summed E-state index contributed by atoms with van der Waals surface area (Å²) < 4.78 is 19.8. The molecule has 1 heterocycles. The Labute approximate surface area is 156 Å². The van der Waals surface area contributed by atoms with Gasteiger partial charge in [-0.2, -0.15) is 5.10 Å². The monoisotopic (exact) mass is 391 g/mol. The Morgan fingerprint density at radius 3 is 2.85 bits per heavy atom. The maximum absolute atomic E-state index is 13.3. The molecule has 27 heavy (non-hydrogen) atoms. The van der Waals surface area contributed by atoms with E-state index in [0.717, 1.165) is 18.2 Å². The van der Waals surface area contributed by atoms with Crippen LogP contribution in [0.2, 0.25) is 5.02 Å². The molecule has 0 saturated carbocycles. The van der Waals surface area contributed by atoms with Crippen LogP contribution in [0.3, 0.4) is 0 Å². The molecule has 0 bridgehead atoms. The van der Waals surface area contributed by atoms with Gasteiger partial charge < -0.3 is 10.1 Å². The highest BCUT2D eigenvalue weighted by atomic mass is 35.5. The van der Waals surface area contributed by atoms with Gasteiger partial charge in [-0.3, -0.25) is 14.9 Å². The zero-order valence-corrected chi connectivity index (χ0v) is 14.3. The summed E-state index contributed by atoms with van der Waals surface area (Å²) in [4.78, 5) is 26.3. The normalized spacial score (nSPS) is 10.4. The number of benzene rings is 2. The van der Waals surface area contributed by atoms with Gasteiger partial charge in [0.25, 0.3) is 5.91 Å². The Morgan fingerprint density at radius 1 is 1.33 bits per heavy atom. The number of halogens is 2. The molecule has 1 N–H and O–H groups in total. The second kappa shape index (κ2) is 7.79. The van der Waals surface area contributed by atoms with Crippen LogP contribution in [-0.4, -0.2) is 32.2 Å². The highest BCUT2D eigenvalue weighted by Crippen LogP contribution is 2.28. The standard InChI is InChI=1S/C16H11ClFN5O4/c17-10-1-3-13(22-9-19-8-20-22)12(5-10)21-16(24)7-27-15-6-11(18)2-4-14(15)23(25)26/h1-6,8-9H,7H2,(H,21,24).